The molecule has 5 heteroatoms. The smallest absolute Gasteiger partial charge is 0.332 e. The normalized spacial score (nSPS) is 12.3. The zero-order chi connectivity index (χ0) is 11.3. The summed E-state index contributed by atoms with van der Waals surface area (Å²) in [6, 6.07) is 4.84. The Bertz CT molecular complexity index is 385. The number of aromatic nitrogens is 1. The molecule has 0 spiro atoms. The van der Waals surface area contributed by atoms with Gasteiger partial charge in [-0.3, -0.25) is 4.79 Å². The molecule has 0 saturated carbocycles. The van der Waals surface area contributed by atoms with Gasteiger partial charge in [0.2, 0.25) is 0 Å². The quantitative estimate of drug-likeness (QED) is 0.762. The average molecular weight is 211 g/mol. The Morgan fingerprint density at radius 1 is 1.60 bits per heavy atom. The predicted molar refractivity (Wildman–Crippen MR) is 53.8 cm³/mol. The summed E-state index contributed by atoms with van der Waals surface area (Å²) in [4.78, 5) is 21.6. The lowest BCUT2D eigenvalue weighted by atomic mass is 10.4. The van der Waals surface area contributed by atoms with Crippen molar-refractivity contribution in [3.8, 4) is 0 Å². The minimum absolute atomic E-state index is 0.121. The third-order valence-electron chi connectivity index (χ3n) is 1.95. The molecule has 0 bridgehead atoms. The number of ether oxygens (including phenoxy) is 1. The number of carboxylic acids is 1. The maximum Gasteiger partial charge on any atom is 0.332 e. The third-order valence-corrected chi connectivity index (χ3v) is 1.95. The second-order valence-corrected chi connectivity index (χ2v) is 3.08. The van der Waals surface area contributed by atoms with E-state index in [1.54, 1.807) is 18.3 Å². The zero-order valence-corrected chi connectivity index (χ0v) is 8.42. The van der Waals surface area contributed by atoms with Gasteiger partial charge in [0.05, 0.1) is 6.61 Å². The van der Waals surface area contributed by atoms with E-state index in [1.165, 1.54) is 17.6 Å². The largest absolute Gasteiger partial charge is 0.479 e. The monoisotopic (exact) mass is 211 g/mol. The number of pyridine rings is 1. The van der Waals surface area contributed by atoms with E-state index in [0.717, 1.165) is 0 Å². The molecule has 0 fully saturated rings. The first kappa shape index (κ1) is 11.5. The lowest BCUT2D eigenvalue weighted by molar-refractivity contribution is -0.149. The highest BCUT2D eigenvalue weighted by atomic mass is 16.5. The molecule has 0 aromatic carbocycles. The minimum Gasteiger partial charge on any atom is -0.479 e. The van der Waals surface area contributed by atoms with Gasteiger partial charge in [-0.15, -0.1) is 0 Å². The van der Waals surface area contributed by atoms with E-state index in [4.69, 9.17) is 9.84 Å². The van der Waals surface area contributed by atoms with Crippen molar-refractivity contribution in [2.75, 3.05) is 6.61 Å². The second-order valence-electron chi connectivity index (χ2n) is 3.08. The molecule has 0 amide bonds. The van der Waals surface area contributed by atoms with E-state index in [0.29, 0.717) is 6.54 Å². The van der Waals surface area contributed by atoms with Gasteiger partial charge in [0.15, 0.2) is 6.10 Å². The minimum atomic E-state index is -1.00. The fourth-order valence-corrected chi connectivity index (χ4v) is 1.04. The SMILES string of the molecule is C[C@H](OCCn1ccccc1=O)C(=O)O. The standard InChI is InChI=1S/C10H13NO4/c1-8(10(13)14)15-7-6-11-5-3-2-4-9(11)12/h2-5,8H,6-7H2,1H3,(H,13,14)/t8-/m0/s1. The predicted octanol–water partition coefficient (Wildman–Crippen LogP) is 0.338. The first-order valence-corrected chi connectivity index (χ1v) is 4.61. The summed E-state index contributed by atoms with van der Waals surface area (Å²) < 4.78 is 6.47. The topological polar surface area (TPSA) is 68.5 Å². The van der Waals surface area contributed by atoms with Gasteiger partial charge in [-0.05, 0) is 13.0 Å². The number of rotatable bonds is 5. The van der Waals surface area contributed by atoms with Crippen LogP contribution in [0.2, 0.25) is 0 Å². The van der Waals surface area contributed by atoms with E-state index >= 15 is 0 Å². The average Bonchev–Trinajstić information content (AvgIpc) is 2.20. The van der Waals surface area contributed by atoms with Gasteiger partial charge >= 0.3 is 5.97 Å². The Balaban J connectivity index is 2.42. The van der Waals surface area contributed by atoms with Crippen LogP contribution < -0.4 is 5.56 Å². The fourth-order valence-electron chi connectivity index (χ4n) is 1.04. The second kappa shape index (κ2) is 5.31. The molecule has 1 aromatic heterocycles. The molecular formula is C10H13NO4. The van der Waals surface area contributed by atoms with E-state index < -0.39 is 12.1 Å². The number of hydrogen-bond acceptors (Lipinski definition) is 3. The van der Waals surface area contributed by atoms with Crippen LogP contribution in [0.5, 0.6) is 0 Å². The molecule has 5 nitrogen and oxygen atoms in total. The number of nitrogens with zero attached hydrogens (tertiary/aromatic N) is 1. The molecule has 82 valence electrons. The summed E-state index contributed by atoms with van der Waals surface area (Å²) in [5, 5.41) is 8.54. The van der Waals surface area contributed by atoms with Crippen LogP contribution in [0.3, 0.4) is 0 Å². The van der Waals surface area contributed by atoms with Gasteiger partial charge in [0, 0.05) is 18.8 Å². The van der Waals surface area contributed by atoms with Gasteiger partial charge < -0.3 is 14.4 Å². The molecular weight excluding hydrogens is 198 g/mol. The lowest BCUT2D eigenvalue weighted by Crippen LogP contribution is -2.25. The molecule has 1 atom stereocenters. The first-order valence-electron chi connectivity index (χ1n) is 4.61. The molecule has 1 N–H and O–H groups in total. The highest BCUT2D eigenvalue weighted by Crippen LogP contribution is 1.91. The molecule has 1 heterocycles. The molecule has 0 aliphatic rings. The maximum atomic E-state index is 11.2. The van der Waals surface area contributed by atoms with Gasteiger partial charge in [0.25, 0.3) is 5.56 Å². The first-order chi connectivity index (χ1) is 7.11. The van der Waals surface area contributed by atoms with Gasteiger partial charge in [0.1, 0.15) is 0 Å². The molecule has 1 rings (SSSR count). The Kier molecular flexibility index (Phi) is 4.05. The van der Waals surface area contributed by atoms with E-state index in [9.17, 15) is 9.59 Å². The number of hydrogen-bond donors (Lipinski definition) is 1. The summed E-state index contributed by atoms with van der Waals surface area (Å²) >= 11 is 0. The van der Waals surface area contributed by atoms with Crippen LogP contribution in [0.1, 0.15) is 6.92 Å². The van der Waals surface area contributed by atoms with Crippen molar-refractivity contribution in [3.63, 3.8) is 0 Å². The van der Waals surface area contributed by atoms with Crippen LogP contribution >= 0.6 is 0 Å². The van der Waals surface area contributed by atoms with E-state index in [1.807, 2.05) is 0 Å². The highest BCUT2D eigenvalue weighted by molar-refractivity contribution is 5.71. The Labute approximate surface area is 86.9 Å². The van der Waals surface area contributed by atoms with Crippen LogP contribution in [-0.2, 0) is 16.1 Å². The van der Waals surface area contributed by atoms with Crippen molar-refractivity contribution in [3.05, 3.63) is 34.7 Å². The number of carbonyl (C=O) groups is 1. The molecule has 1 aromatic rings. The summed E-state index contributed by atoms with van der Waals surface area (Å²) in [6.07, 6.45) is 0.793. The van der Waals surface area contributed by atoms with Crippen molar-refractivity contribution < 1.29 is 14.6 Å². The van der Waals surface area contributed by atoms with Crippen LogP contribution in [0, 0.1) is 0 Å². The fraction of sp³-hybridized carbons (Fsp3) is 0.400. The summed E-state index contributed by atoms with van der Waals surface area (Å²) in [6.45, 7) is 2.02. The van der Waals surface area contributed by atoms with Crippen molar-refractivity contribution in [1.82, 2.24) is 4.57 Å². The Hall–Kier alpha value is -1.62. The highest BCUT2D eigenvalue weighted by Gasteiger charge is 2.10. The van der Waals surface area contributed by atoms with Gasteiger partial charge in [-0.25, -0.2) is 4.79 Å². The molecule has 0 radical (unpaired) electrons. The van der Waals surface area contributed by atoms with Crippen molar-refractivity contribution in [2.45, 2.75) is 19.6 Å². The maximum absolute atomic E-state index is 11.2. The summed E-state index contributed by atoms with van der Waals surface area (Å²) in [5.74, 6) is -1.00. The van der Waals surface area contributed by atoms with Crippen molar-refractivity contribution >= 4 is 5.97 Å². The van der Waals surface area contributed by atoms with Crippen molar-refractivity contribution in [1.29, 1.82) is 0 Å². The number of carboxylic acid groups (broad SMARTS) is 1. The third kappa shape index (κ3) is 3.55. The lowest BCUT2D eigenvalue weighted by Gasteiger charge is -2.09. The van der Waals surface area contributed by atoms with Crippen molar-refractivity contribution in [2.24, 2.45) is 0 Å². The molecule has 15 heavy (non-hydrogen) atoms. The van der Waals surface area contributed by atoms with E-state index in [2.05, 4.69) is 0 Å². The van der Waals surface area contributed by atoms with Gasteiger partial charge in [-0.2, -0.15) is 0 Å². The molecule has 0 unspecified atom stereocenters. The van der Waals surface area contributed by atoms with Crippen LogP contribution in [-0.4, -0.2) is 28.4 Å². The van der Waals surface area contributed by atoms with E-state index in [-0.39, 0.29) is 12.2 Å². The Morgan fingerprint density at radius 2 is 2.33 bits per heavy atom. The molecule has 0 aliphatic heterocycles. The van der Waals surface area contributed by atoms with Gasteiger partial charge in [-0.1, -0.05) is 6.07 Å². The van der Waals surface area contributed by atoms with Crippen LogP contribution in [0.4, 0.5) is 0 Å². The molecule has 0 aliphatic carbocycles. The molecule has 0 saturated heterocycles. The zero-order valence-electron chi connectivity index (χ0n) is 8.42. The summed E-state index contributed by atoms with van der Waals surface area (Å²) in [7, 11) is 0. The Morgan fingerprint density at radius 3 is 2.93 bits per heavy atom. The van der Waals surface area contributed by atoms with Crippen LogP contribution in [0.25, 0.3) is 0 Å². The summed E-state index contributed by atoms with van der Waals surface area (Å²) in [5.41, 5.74) is -0.121. The number of aliphatic carboxylic acids is 1. The van der Waals surface area contributed by atoms with Crippen LogP contribution in [0.15, 0.2) is 29.2 Å².